The summed E-state index contributed by atoms with van der Waals surface area (Å²) in [6.07, 6.45) is 1.36. The van der Waals surface area contributed by atoms with Gasteiger partial charge in [-0.3, -0.25) is 13.9 Å². The number of carbonyl (C=O) groups excluding carboxylic acids is 2. The Balaban J connectivity index is 1.58. The van der Waals surface area contributed by atoms with Crippen LogP contribution in [0.1, 0.15) is 29.5 Å². The molecule has 0 bridgehead atoms. The van der Waals surface area contributed by atoms with Crippen LogP contribution < -0.4 is 19.3 Å². The molecular formula is C28H31N3O5S. The number of nitrogens with zero attached hydrogens (tertiary/aromatic N) is 2. The first kappa shape index (κ1) is 26.2. The minimum Gasteiger partial charge on any atom is -0.495 e. The minimum atomic E-state index is -4.07. The predicted octanol–water partition coefficient (Wildman–Crippen LogP) is 3.95. The molecule has 4 rings (SSSR count). The molecule has 0 saturated carbocycles. The zero-order valence-corrected chi connectivity index (χ0v) is 22.0. The topological polar surface area (TPSA) is 96.0 Å². The maximum atomic E-state index is 13.7. The SMILES string of the molecule is COc1ccc(C)cc1N(CC(=O)NCc1cccc(N2CCCC2=O)c1)S(=O)(=O)c1ccc(C)cc1. The second kappa shape index (κ2) is 11.0. The molecule has 3 aromatic rings. The van der Waals surface area contributed by atoms with E-state index in [0.29, 0.717) is 18.7 Å². The highest BCUT2D eigenvalue weighted by molar-refractivity contribution is 7.92. The van der Waals surface area contributed by atoms with Gasteiger partial charge in [0.2, 0.25) is 11.8 Å². The number of amides is 2. The minimum absolute atomic E-state index is 0.0810. The number of anilines is 2. The maximum absolute atomic E-state index is 13.7. The molecule has 0 spiro atoms. The number of hydrogen-bond acceptors (Lipinski definition) is 5. The van der Waals surface area contributed by atoms with E-state index < -0.39 is 22.5 Å². The van der Waals surface area contributed by atoms with Gasteiger partial charge in [-0.15, -0.1) is 0 Å². The smallest absolute Gasteiger partial charge is 0.264 e. The van der Waals surface area contributed by atoms with E-state index in [9.17, 15) is 18.0 Å². The number of hydrogen-bond donors (Lipinski definition) is 1. The third-order valence-electron chi connectivity index (χ3n) is 6.28. The van der Waals surface area contributed by atoms with Crippen LogP contribution in [0.5, 0.6) is 5.75 Å². The highest BCUT2D eigenvalue weighted by atomic mass is 32.2. The Morgan fingerprint density at radius 2 is 1.76 bits per heavy atom. The van der Waals surface area contributed by atoms with Gasteiger partial charge in [0.15, 0.2) is 0 Å². The van der Waals surface area contributed by atoms with Crippen molar-refractivity contribution in [2.75, 3.05) is 29.4 Å². The third kappa shape index (κ3) is 5.94. The number of carbonyl (C=O) groups is 2. The van der Waals surface area contributed by atoms with Crippen LogP contribution in [-0.4, -0.2) is 40.4 Å². The quantitative estimate of drug-likeness (QED) is 0.460. The standard InChI is InChI=1S/C28H31N3O5S/c1-20-9-12-24(13-10-20)37(34,35)31(25-16-21(2)11-14-26(25)36-3)19-27(32)29-18-22-6-4-7-23(17-22)30-15-5-8-28(30)33/h4,6-7,9-14,16-17H,5,8,15,18-19H2,1-3H3,(H,29,32). The fourth-order valence-corrected chi connectivity index (χ4v) is 5.70. The van der Waals surface area contributed by atoms with Crippen LogP contribution >= 0.6 is 0 Å². The summed E-state index contributed by atoms with van der Waals surface area (Å²) in [7, 11) is -2.61. The Labute approximate surface area is 217 Å². The summed E-state index contributed by atoms with van der Waals surface area (Å²) < 4.78 is 33.9. The first-order valence-corrected chi connectivity index (χ1v) is 13.5. The first-order chi connectivity index (χ1) is 17.7. The normalized spacial score (nSPS) is 13.5. The van der Waals surface area contributed by atoms with Crippen LogP contribution in [0, 0.1) is 13.8 Å². The number of aryl methyl sites for hydroxylation is 2. The van der Waals surface area contributed by atoms with Gasteiger partial charge < -0.3 is 15.0 Å². The molecule has 2 amide bonds. The molecule has 1 aliphatic heterocycles. The molecule has 9 heteroatoms. The number of rotatable bonds is 9. The van der Waals surface area contributed by atoms with Crippen molar-refractivity contribution in [3.63, 3.8) is 0 Å². The molecule has 1 N–H and O–H groups in total. The first-order valence-electron chi connectivity index (χ1n) is 12.1. The zero-order chi connectivity index (χ0) is 26.6. The molecule has 0 unspecified atom stereocenters. The fourth-order valence-electron chi connectivity index (χ4n) is 4.27. The highest BCUT2D eigenvalue weighted by Gasteiger charge is 2.29. The third-order valence-corrected chi connectivity index (χ3v) is 8.06. The van der Waals surface area contributed by atoms with Crippen molar-refractivity contribution in [3.05, 3.63) is 83.4 Å². The summed E-state index contributed by atoms with van der Waals surface area (Å²) in [5, 5.41) is 2.82. The van der Waals surface area contributed by atoms with E-state index in [1.165, 1.54) is 19.2 Å². The van der Waals surface area contributed by atoms with Crippen LogP contribution in [0.15, 0.2) is 71.6 Å². The molecule has 1 heterocycles. The van der Waals surface area contributed by atoms with E-state index in [1.807, 2.05) is 44.2 Å². The van der Waals surface area contributed by atoms with E-state index >= 15 is 0 Å². The molecule has 1 saturated heterocycles. The molecule has 0 radical (unpaired) electrons. The van der Waals surface area contributed by atoms with Gasteiger partial charge in [0.1, 0.15) is 12.3 Å². The molecule has 37 heavy (non-hydrogen) atoms. The fraction of sp³-hybridized carbons (Fsp3) is 0.286. The number of ether oxygens (including phenoxy) is 1. The second-order valence-corrected chi connectivity index (χ2v) is 11.0. The lowest BCUT2D eigenvalue weighted by atomic mass is 10.2. The van der Waals surface area contributed by atoms with Gasteiger partial charge in [-0.25, -0.2) is 8.42 Å². The molecule has 0 aromatic heterocycles. The summed E-state index contributed by atoms with van der Waals surface area (Å²) in [4.78, 5) is 27.0. The van der Waals surface area contributed by atoms with E-state index in [-0.39, 0.29) is 23.0 Å². The lowest BCUT2D eigenvalue weighted by Gasteiger charge is -2.26. The molecule has 8 nitrogen and oxygen atoms in total. The Morgan fingerprint density at radius 3 is 2.43 bits per heavy atom. The molecule has 194 valence electrons. The average molecular weight is 522 g/mol. The van der Waals surface area contributed by atoms with Crippen molar-refractivity contribution < 1.29 is 22.7 Å². The zero-order valence-electron chi connectivity index (χ0n) is 21.2. The Hall–Kier alpha value is -3.85. The van der Waals surface area contributed by atoms with Crippen LogP contribution in [-0.2, 0) is 26.2 Å². The van der Waals surface area contributed by atoms with Gasteiger partial charge in [0.25, 0.3) is 10.0 Å². The molecule has 1 aliphatic rings. The molecule has 0 aliphatic carbocycles. The van der Waals surface area contributed by atoms with Gasteiger partial charge in [-0.2, -0.15) is 0 Å². The second-order valence-electron chi connectivity index (χ2n) is 9.10. The Morgan fingerprint density at radius 1 is 1.03 bits per heavy atom. The van der Waals surface area contributed by atoms with Gasteiger partial charge in [0, 0.05) is 25.2 Å². The molecule has 0 atom stereocenters. The Kier molecular flexibility index (Phi) is 7.83. The van der Waals surface area contributed by atoms with E-state index in [4.69, 9.17) is 4.74 Å². The van der Waals surface area contributed by atoms with Crippen molar-refractivity contribution >= 4 is 33.2 Å². The number of nitrogens with one attached hydrogen (secondary N) is 1. The average Bonchev–Trinajstić information content (AvgIpc) is 3.32. The van der Waals surface area contributed by atoms with Gasteiger partial charge in [-0.05, 0) is 67.8 Å². The number of methoxy groups -OCH3 is 1. The largest absolute Gasteiger partial charge is 0.495 e. The number of sulfonamides is 1. The van der Waals surface area contributed by atoms with E-state index in [0.717, 1.165) is 33.1 Å². The monoisotopic (exact) mass is 521 g/mol. The lowest BCUT2D eigenvalue weighted by Crippen LogP contribution is -2.41. The summed E-state index contributed by atoms with van der Waals surface area (Å²) in [5.74, 6) is -0.0378. The highest BCUT2D eigenvalue weighted by Crippen LogP contribution is 2.33. The number of benzene rings is 3. The van der Waals surface area contributed by atoms with Gasteiger partial charge in [-0.1, -0.05) is 35.9 Å². The van der Waals surface area contributed by atoms with Crippen LogP contribution in [0.4, 0.5) is 11.4 Å². The van der Waals surface area contributed by atoms with Crippen molar-refractivity contribution in [1.29, 1.82) is 0 Å². The summed E-state index contributed by atoms with van der Waals surface area (Å²) in [5.41, 5.74) is 3.64. The van der Waals surface area contributed by atoms with Crippen molar-refractivity contribution in [1.82, 2.24) is 5.32 Å². The molecule has 3 aromatic carbocycles. The molecule has 1 fully saturated rings. The van der Waals surface area contributed by atoms with Gasteiger partial charge in [0.05, 0.1) is 17.7 Å². The van der Waals surface area contributed by atoms with E-state index in [1.54, 1.807) is 29.2 Å². The summed E-state index contributed by atoms with van der Waals surface area (Å²) in [6, 6.07) is 19.1. The van der Waals surface area contributed by atoms with Crippen LogP contribution in [0.3, 0.4) is 0 Å². The van der Waals surface area contributed by atoms with Crippen LogP contribution in [0.25, 0.3) is 0 Å². The van der Waals surface area contributed by atoms with Crippen LogP contribution in [0.2, 0.25) is 0 Å². The molecular weight excluding hydrogens is 490 g/mol. The van der Waals surface area contributed by atoms with E-state index in [2.05, 4.69) is 5.32 Å². The van der Waals surface area contributed by atoms with Crippen molar-refractivity contribution in [2.24, 2.45) is 0 Å². The van der Waals surface area contributed by atoms with Gasteiger partial charge >= 0.3 is 0 Å². The maximum Gasteiger partial charge on any atom is 0.264 e. The summed E-state index contributed by atoms with van der Waals surface area (Å²) >= 11 is 0. The lowest BCUT2D eigenvalue weighted by molar-refractivity contribution is -0.120. The predicted molar refractivity (Wildman–Crippen MR) is 143 cm³/mol. The summed E-state index contributed by atoms with van der Waals surface area (Å²) in [6.45, 7) is 4.16. The van der Waals surface area contributed by atoms with Crippen molar-refractivity contribution in [3.8, 4) is 5.75 Å². The van der Waals surface area contributed by atoms with Crippen molar-refractivity contribution in [2.45, 2.75) is 38.1 Å². The Bertz CT molecular complexity index is 1400.